The van der Waals surface area contributed by atoms with Crippen molar-refractivity contribution in [2.45, 2.75) is 52.2 Å². The van der Waals surface area contributed by atoms with E-state index in [4.69, 9.17) is 9.84 Å². The fourth-order valence-electron chi connectivity index (χ4n) is 2.08. The summed E-state index contributed by atoms with van der Waals surface area (Å²) in [7, 11) is 0. The Balaban J connectivity index is 2.57. The second-order valence-corrected chi connectivity index (χ2v) is 6.33. The first-order valence-corrected chi connectivity index (χ1v) is 7.11. The topological polar surface area (TPSA) is 95.9 Å². The van der Waals surface area contributed by atoms with Gasteiger partial charge in [0.25, 0.3) is 0 Å². The number of aliphatic carboxylic acids is 1. The maximum absolute atomic E-state index is 12.0. The maximum atomic E-state index is 12.0. The number of carbonyl (C=O) groups excluding carboxylic acids is 2. The van der Waals surface area contributed by atoms with Gasteiger partial charge in [-0.2, -0.15) is 0 Å². The number of rotatable bonds is 3. The van der Waals surface area contributed by atoms with Crippen LogP contribution in [0.15, 0.2) is 0 Å². The number of hydrogen-bond acceptors (Lipinski definition) is 4. The van der Waals surface area contributed by atoms with Crippen molar-refractivity contribution >= 4 is 18.0 Å². The average molecular weight is 300 g/mol. The number of likely N-dealkylation sites (tertiary alicyclic amines) is 1. The van der Waals surface area contributed by atoms with Crippen molar-refractivity contribution in [1.82, 2.24) is 10.2 Å². The Kier molecular flexibility index (Phi) is 5.57. The van der Waals surface area contributed by atoms with E-state index in [0.717, 1.165) is 0 Å². The summed E-state index contributed by atoms with van der Waals surface area (Å²) >= 11 is 0. The van der Waals surface area contributed by atoms with Crippen LogP contribution in [0.4, 0.5) is 4.79 Å². The highest BCUT2D eigenvalue weighted by molar-refractivity contribution is 5.85. The molecule has 2 atom stereocenters. The summed E-state index contributed by atoms with van der Waals surface area (Å²) < 4.78 is 5.29. The van der Waals surface area contributed by atoms with Gasteiger partial charge in [0, 0.05) is 13.1 Å². The van der Waals surface area contributed by atoms with Gasteiger partial charge in [0.15, 0.2) is 0 Å². The van der Waals surface area contributed by atoms with Crippen LogP contribution in [0, 0.1) is 5.92 Å². The number of carboxylic acid groups (broad SMARTS) is 1. The molecule has 2 amide bonds. The Morgan fingerprint density at radius 2 is 1.95 bits per heavy atom. The summed E-state index contributed by atoms with van der Waals surface area (Å²) in [6, 6.07) is -0.936. The molecular formula is C14H24N2O5. The molecule has 1 saturated heterocycles. The van der Waals surface area contributed by atoms with Gasteiger partial charge in [-0.1, -0.05) is 0 Å². The predicted molar refractivity (Wildman–Crippen MR) is 75.8 cm³/mol. The number of carboxylic acids is 1. The molecular weight excluding hydrogens is 276 g/mol. The van der Waals surface area contributed by atoms with Crippen LogP contribution < -0.4 is 5.32 Å². The largest absolute Gasteiger partial charge is 0.480 e. The van der Waals surface area contributed by atoms with Crippen LogP contribution in [0.1, 0.15) is 40.5 Å². The minimum atomic E-state index is -1.08. The van der Waals surface area contributed by atoms with Crippen molar-refractivity contribution < 1.29 is 24.2 Å². The van der Waals surface area contributed by atoms with Crippen LogP contribution in [0.3, 0.4) is 0 Å². The highest BCUT2D eigenvalue weighted by Gasteiger charge is 2.31. The summed E-state index contributed by atoms with van der Waals surface area (Å²) in [6.07, 6.45) is 0.891. The van der Waals surface area contributed by atoms with E-state index in [1.165, 1.54) is 11.8 Å². The molecule has 7 heteroatoms. The van der Waals surface area contributed by atoms with Crippen molar-refractivity contribution in [3.63, 3.8) is 0 Å². The lowest BCUT2D eigenvalue weighted by Gasteiger charge is -2.33. The summed E-state index contributed by atoms with van der Waals surface area (Å²) in [6.45, 7) is 7.57. The molecule has 1 aliphatic heterocycles. The Morgan fingerprint density at radius 3 is 2.48 bits per heavy atom. The number of piperidine rings is 1. The SMILES string of the molecule is C[C@H](NC(=O)[C@@H]1CCCN(C(=O)OC(C)(C)C)C1)C(=O)O. The van der Waals surface area contributed by atoms with Gasteiger partial charge >= 0.3 is 12.1 Å². The van der Waals surface area contributed by atoms with Crippen molar-refractivity contribution in [2.75, 3.05) is 13.1 Å². The van der Waals surface area contributed by atoms with E-state index >= 15 is 0 Å². The third-order valence-electron chi connectivity index (χ3n) is 3.17. The molecule has 0 aromatic heterocycles. The van der Waals surface area contributed by atoms with Gasteiger partial charge in [-0.05, 0) is 40.5 Å². The second kappa shape index (κ2) is 6.78. The molecule has 1 fully saturated rings. The molecule has 0 aromatic carbocycles. The van der Waals surface area contributed by atoms with Crippen LogP contribution in [-0.4, -0.2) is 52.7 Å². The minimum Gasteiger partial charge on any atom is -0.480 e. The number of ether oxygens (including phenoxy) is 1. The quantitative estimate of drug-likeness (QED) is 0.817. The van der Waals surface area contributed by atoms with E-state index in [1.54, 1.807) is 20.8 Å². The predicted octanol–water partition coefficient (Wildman–Crippen LogP) is 1.22. The molecule has 1 rings (SSSR count). The zero-order valence-corrected chi connectivity index (χ0v) is 13.0. The van der Waals surface area contributed by atoms with E-state index < -0.39 is 29.6 Å². The van der Waals surface area contributed by atoms with Crippen molar-refractivity contribution in [3.8, 4) is 0 Å². The Bertz CT molecular complexity index is 416. The van der Waals surface area contributed by atoms with Gasteiger partial charge in [0.2, 0.25) is 5.91 Å². The molecule has 21 heavy (non-hydrogen) atoms. The van der Waals surface area contributed by atoms with Gasteiger partial charge in [-0.25, -0.2) is 4.79 Å². The number of nitrogens with zero attached hydrogens (tertiary/aromatic N) is 1. The smallest absolute Gasteiger partial charge is 0.410 e. The summed E-state index contributed by atoms with van der Waals surface area (Å²) in [5.74, 6) is -1.81. The molecule has 0 aliphatic carbocycles. The number of nitrogens with one attached hydrogen (secondary N) is 1. The van der Waals surface area contributed by atoms with E-state index in [2.05, 4.69) is 5.32 Å². The van der Waals surface area contributed by atoms with E-state index in [0.29, 0.717) is 19.4 Å². The lowest BCUT2D eigenvalue weighted by molar-refractivity contribution is -0.142. The monoisotopic (exact) mass is 300 g/mol. The van der Waals surface area contributed by atoms with Gasteiger partial charge in [0.1, 0.15) is 11.6 Å². The molecule has 0 bridgehead atoms. The van der Waals surface area contributed by atoms with Crippen LogP contribution in [-0.2, 0) is 14.3 Å². The molecule has 1 heterocycles. The molecule has 0 spiro atoms. The highest BCUT2D eigenvalue weighted by Crippen LogP contribution is 2.19. The normalized spacial score (nSPS) is 20.6. The molecule has 1 aliphatic rings. The Labute approximate surface area is 124 Å². The fraction of sp³-hybridized carbons (Fsp3) is 0.786. The zero-order valence-electron chi connectivity index (χ0n) is 13.0. The van der Waals surface area contributed by atoms with Crippen LogP contribution in [0.25, 0.3) is 0 Å². The summed E-state index contributed by atoms with van der Waals surface area (Å²) in [4.78, 5) is 36.3. The molecule has 0 saturated carbocycles. The van der Waals surface area contributed by atoms with Crippen molar-refractivity contribution in [1.29, 1.82) is 0 Å². The van der Waals surface area contributed by atoms with Gasteiger partial charge in [-0.15, -0.1) is 0 Å². The first-order chi connectivity index (χ1) is 9.60. The average Bonchev–Trinajstić information content (AvgIpc) is 2.36. The van der Waals surface area contributed by atoms with Gasteiger partial charge in [-0.3, -0.25) is 9.59 Å². The van der Waals surface area contributed by atoms with E-state index in [-0.39, 0.29) is 12.5 Å². The van der Waals surface area contributed by atoms with Gasteiger partial charge < -0.3 is 20.1 Å². The first kappa shape index (κ1) is 17.3. The first-order valence-electron chi connectivity index (χ1n) is 7.11. The molecule has 0 unspecified atom stereocenters. The van der Waals surface area contributed by atoms with E-state index in [9.17, 15) is 14.4 Å². The van der Waals surface area contributed by atoms with Crippen LogP contribution in [0.2, 0.25) is 0 Å². The second-order valence-electron chi connectivity index (χ2n) is 6.33. The van der Waals surface area contributed by atoms with Crippen LogP contribution in [0.5, 0.6) is 0 Å². The van der Waals surface area contributed by atoms with Crippen molar-refractivity contribution in [2.24, 2.45) is 5.92 Å². The molecule has 2 N–H and O–H groups in total. The lowest BCUT2D eigenvalue weighted by Crippen LogP contribution is -2.49. The fourth-order valence-corrected chi connectivity index (χ4v) is 2.08. The minimum absolute atomic E-state index is 0.257. The lowest BCUT2D eigenvalue weighted by atomic mass is 9.97. The zero-order chi connectivity index (χ0) is 16.2. The molecule has 0 radical (unpaired) electrons. The molecule has 7 nitrogen and oxygen atoms in total. The Morgan fingerprint density at radius 1 is 1.33 bits per heavy atom. The third-order valence-corrected chi connectivity index (χ3v) is 3.17. The van der Waals surface area contributed by atoms with Crippen molar-refractivity contribution in [3.05, 3.63) is 0 Å². The standard InChI is InChI=1S/C14H24N2O5/c1-9(12(18)19)15-11(17)10-6-5-7-16(8-10)13(20)21-14(2,3)4/h9-10H,5-8H2,1-4H3,(H,15,17)(H,18,19)/t9-,10+/m0/s1. The summed E-state index contributed by atoms with van der Waals surface area (Å²) in [5.41, 5.74) is -0.579. The molecule has 0 aromatic rings. The number of amides is 2. The highest BCUT2D eigenvalue weighted by atomic mass is 16.6. The third kappa shape index (κ3) is 5.61. The van der Waals surface area contributed by atoms with Gasteiger partial charge in [0.05, 0.1) is 5.92 Å². The number of hydrogen-bond donors (Lipinski definition) is 2. The Hall–Kier alpha value is -1.79. The molecule has 120 valence electrons. The summed E-state index contributed by atoms with van der Waals surface area (Å²) in [5, 5.41) is 11.2. The number of carbonyl (C=O) groups is 3. The maximum Gasteiger partial charge on any atom is 0.410 e. The van der Waals surface area contributed by atoms with E-state index in [1.807, 2.05) is 0 Å². The van der Waals surface area contributed by atoms with Crippen LogP contribution >= 0.6 is 0 Å².